The molecule has 2 nitrogen and oxygen atoms in total. The Morgan fingerprint density at radius 1 is 1.06 bits per heavy atom. The highest BCUT2D eigenvalue weighted by molar-refractivity contribution is 7.57. The van der Waals surface area contributed by atoms with E-state index in [4.69, 9.17) is 0 Å². The molecule has 0 rings (SSSR count). The van der Waals surface area contributed by atoms with Crippen LogP contribution in [-0.2, 0) is 9.09 Å². The monoisotopic (exact) mass is 278 g/mol. The van der Waals surface area contributed by atoms with Gasteiger partial charge in [-0.1, -0.05) is 0 Å². The van der Waals surface area contributed by atoms with Gasteiger partial charge in [-0.2, -0.15) is 30.7 Å². The van der Waals surface area contributed by atoms with Gasteiger partial charge in [-0.3, -0.25) is 0 Å². The van der Waals surface area contributed by atoms with Gasteiger partial charge in [0.25, 0.3) is 0 Å². The molecular formula is C5H3F8O2P. The number of halogens is 8. The lowest BCUT2D eigenvalue weighted by Gasteiger charge is -2.16. The Hall–Kier alpha value is -0.630. The molecule has 0 amide bonds. The number of hydrogen-bond acceptors (Lipinski definition) is 2. The van der Waals surface area contributed by atoms with Crippen molar-refractivity contribution in [2.75, 3.05) is 7.11 Å². The fraction of sp³-hybridized carbons (Fsp3) is 0.600. The highest BCUT2D eigenvalue weighted by Gasteiger charge is 2.57. The molecule has 0 spiro atoms. The minimum Gasteiger partial charge on any atom is -0.304 e. The standard InChI is InChI=1S/C5H3F8O2P/c1-15-16(13,14)3(6)2(4(7,8)9)5(10,11)12/h1H3. The maximum Gasteiger partial charge on any atom is 0.425 e. The molecule has 0 saturated carbocycles. The SMILES string of the molecule is COP(=O)(F)C(F)=C(C(F)(F)F)C(F)(F)F. The van der Waals surface area contributed by atoms with Crippen molar-refractivity contribution in [3.63, 3.8) is 0 Å². The Bertz CT molecular complexity index is 323. The van der Waals surface area contributed by atoms with Crippen molar-refractivity contribution in [2.24, 2.45) is 0 Å². The first kappa shape index (κ1) is 15.4. The van der Waals surface area contributed by atoms with Gasteiger partial charge in [0.15, 0.2) is 5.57 Å². The van der Waals surface area contributed by atoms with E-state index in [1.54, 1.807) is 0 Å². The summed E-state index contributed by atoms with van der Waals surface area (Å²) in [5, 5.41) is 0. The molecule has 96 valence electrons. The van der Waals surface area contributed by atoms with Crippen LogP contribution >= 0.6 is 7.68 Å². The van der Waals surface area contributed by atoms with Crippen molar-refractivity contribution in [2.45, 2.75) is 12.4 Å². The summed E-state index contributed by atoms with van der Waals surface area (Å²) in [6.07, 6.45) is -12.5. The first-order chi connectivity index (χ1) is 6.84. The molecule has 0 N–H and O–H groups in total. The summed E-state index contributed by atoms with van der Waals surface area (Å²) < 4.78 is 109. The van der Waals surface area contributed by atoms with Gasteiger partial charge in [0, 0.05) is 7.11 Å². The third kappa shape index (κ3) is 3.44. The first-order valence-corrected chi connectivity index (χ1v) is 4.75. The molecular weight excluding hydrogens is 275 g/mol. The van der Waals surface area contributed by atoms with Gasteiger partial charge in [0.1, 0.15) is 0 Å². The molecule has 0 saturated heterocycles. The molecule has 0 heterocycles. The van der Waals surface area contributed by atoms with E-state index in [1.165, 1.54) is 0 Å². The first-order valence-electron chi connectivity index (χ1n) is 3.24. The van der Waals surface area contributed by atoms with Gasteiger partial charge in [0.2, 0.25) is 5.57 Å². The fourth-order valence-electron chi connectivity index (χ4n) is 0.608. The van der Waals surface area contributed by atoms with Crippen molar-refractivity contribution in [3.8, 4) is 0 Å². The summed E-state index contributed by atoms with van der Waals surface area (Å²) in [6.45, 7) is 0. The van der Waals surface area contributed by atoms with E-state index in [1.807, 2.05) is 0 Å². The lowest BCUT2D eigenvalue weighted by atomic mass is 10.3. The van der Waals surface area contributed by atoms with Crippen LogP contribution in [-0.4, -0.2) is 19.5 Å². The maximum absolute atomic E-state index is 12.5. The van der Waals surface area contributed by atoms with Crippen LogP contribution in [0, 0.1) is 0 Å². The summed E-state index contributed by atoms with van der Waals surface area (Å²) in [4.78, 5) is 0. The number of hydrogen-bond donors (Lipinski definition) is 0. The Morgan fingerprint density at radius 3 is 1.56 bits per heavy atom. The van der Waals surface area contributed by atoms with Crippen LogP contribution in [0.15, 0.2) is 11.1 Å². The summed E-state index contributed by atoms with van der Waals surface area (Å²) in [6, 6.07) is 0. The van der Waals surface area contributed by atoms with Gasteiger partial charge < -0.3 is 4.52 Å². The highest BCUT2D eigenvalue weighted by atomic mass is 31.2. The van der Waals surface area contributed by atoms with E-state index in [9.17, 15) is 39.5 Å². The largest absolute Gasteiger partial charge is 0.425 e. The predicted molar refractivity (Wildman–Crippen MR) is 36.0 cm³/mol. The van der Waals surface area contributed by atoms with Crippen molar-refractivity contribution in [3.05, 3.63) is 11.1 Å². The molecule has 0 aromatic rings. The van der Waals surface area contributed by atoms with Crippen LogP contribution in [0.1, 0.15) is 0 Å². The van der Waals surface area contributed by atoms with Gasteiger partial charge in [-0.25, -0.2) is 4.57 Å². The highest BCUT2D eigenvalue weighted by Crippen LogP contribution is 2.61. The Labute approximate surface area is 83.4 Å². The average molecular weight is 278 g/mol. The van der Waals surface area contributed by atoms with Crippen LogP contribution < -0.4 is 0 Å². The van der Waals surface area contributed by atoms with Gasteiger partial charge in [-0.15, -0.1) is 4.20 Å². The maximum atomic E-state index is 12.5. The minimum atomic E-state index is -6.24. The van der Waals surface area contributed by atoms with Crippen molar-refractivity contribution >= 4 is 7.68 Å². The van der Waals surface area contributed by atoms with Crippen LogP contribution in [0.25, 0.3) is 0 Å². The Kier molecular flexibility index (Phi) is 4.15. The summed E-state index contributed by atoms with van der Waals surface area (Å²) in [5.41, 5.74) is -7.32. The summed E-state index contributed by atoms with van der Waals surface area (Å²) in [7, 11) is -6.07. The number of rotatable bonds is 2. The number of alkyl halides is 6. The molecule has 0 aliphatic carbocycles. The quantitative estimate of drug-likeness (QED) is 0.561. The molecule has 16 heavy (non-hydrogen) atoms. The third-order valence-electron chi connectivity index (χ3n) is 1.24. The zero-order valence-corrected chi connectivity index (χ0v) is 8.18. The molecule has 0 aromatic heterocycles. The van der Waals surface area contributed by atoms with E-state index in [0.717, 1.165) is 0 Å². The minimum absolute atomic E-state index is 0.171. The second-order valence-electron chi connectivity index (χ2n) is 2.32. The van der Waals surface area contributed by atoms with Crippen LogP contribution in [0.3, 0.4) is 0 Å². The number of allylic oxidation sites excluding steroid dienone is 1. The van der Waals surface area contributed by atoms with Gasteiger partial charge in [-0.05, 0) is 0 Å². The molecule has 0 aliphatic heterocycles. The van der Waals surface area contributed by atoms with E-state index in [-0.39, 0.29) is 7.11 Å². The van der Waals surface area contributed by atoms with Crippen LogP contribution in [0.4, 0.5) is 34.9 Å². The molecule has 0 radical (unpaired) electrons. The normalized spacial score (nSPS) is 16.8. The predicted octanol–water partition coefficient (Wildman–Crippen LogP) is 4.10. The van der Waals surface area contributed by atoms with Crippen LogP contribution in [0.2, 0.25) is 0 Å². The van der Waals surface area contributed by atoms with E-state index < -0.39 is 31.2 Å². The van der Waals surface area contributed by atoms with Gasteiger partial charge in [0.05, 0.1) is 0 Å². The molecule has 11 heteroatoms. The topological polar surface area (TPSA) is 26.3 Å². The van der Waals surface area contributed by atoms with Gasteiger partial charge >= 0.3 is 20.0 Å². The van der Waals surface area contributed by atoms with Crippen molar-refractivity contribution in [1.29, 1.82) is 0 Å². The molecule has 0 aliphatic rings. The second-order valence-corrected chi connectivity index (χ2v) is 4.04. The lowest BCUT2D eigenvalue weighted by Crippen LogP contribution is -2.27. The Morgan fingerprint density at radius 2 is 1.38 bits per heavy atom. The molecule has 0 fully saturated rings. The van der Waals surface area contributed by atoms with E-state index in [2.05, 4.69) is 4.52 Å². The molecule has 0 bridgehead atoms. The molecule has 1 unspecified atom stereocenters. The fourth-order valence-corrected chi connectivity index (χ4v) is 1.29. The zero-order chi connectivity index (χ0) is 13.4. The van der Waals surface area contributed by atoms with E-state index in [0.29, 0.717) is 0 Å². The zero-order valence-electron chi connectivity index (χ0n) is 7.29. The van der Waals surface area contributed by atoms with Crippen molar-refractivity contribution in [1.82, 2.24) is 0 Å². The smallest absolute Gasteiger partial charge is 0.304 e. The third-order valence-corrected chi connectivity index (χ3v) is 2.40. The molecule has 0 aromatic carbocycles. The van der Waals surface area contributed by atoms with Crippen LogP contribution in [0.5, 0.6) is 0 Å². The second kappa shape index (κ2) is 4.33. The summed E-state index contributed by atoms with van der Waals surface area (Å²) >= 11 is 0. The van der Waals surface area contributed by atoms with E-state index >= 15 is 0 Å². The lowest BCUT2D eigenvalue weighted by molar-refractivity contribution is -0.173. The van der Waals surface area contributed by atoms with Crippen molar-refractivity contribution < 1.29 is 44.0 Å². The molecule has 1 atom stereocenters. The summed E-state index contributed by atoms with van der Waals surface area (Å²) in [5.74, 6) is 0. The Balaban J connectivity index is 5.89. The average Bonchev–Trinajstić information content (AvgIpc) is 1.98.